The molecule has 0 amide bonds. The number of nitriles is 1. The molecule has 0 aromatic carbocycles. The lowest BCUT2D eigenvalue weighted by atomic mass is 9.97. The Morgan fingerprint density at radius 1 is 1.38 bits per heavy atom. The molecule has 1 atom stereocenters. The van der Waals surface area contributed by atoms with E-state index in [1.165, 1.54) is 6.07 Å². The number of halogens is 3. The van der Waals surface area contributed by atoms with Gasteiger partial charge in [-0.2, -0.15) is 18.4 Å². The summed E-state index contributed by atoms with van der Waals surface area (Å²) in [5.41, 5.74) is 0. The fourth-order valence-electron chi connectivity index (χ4n) is 1.83. The van der Waals surface area contributed by atoms with Gasteiger partial charge in [-0.25, -0.2) is 0 Å². The molecular weight excluding hydrogens is 221 g/mol. The number of piperidine rings is 1. The lowest BCUT2D eigenvalue weighted by Gasteiger charge is -2.32. The van der Waals surface area contributed by atoms with E-state index in [0.717, 1.165) is 0 Å². The van der Waals surface area contributed by atoms with Gasteiger partial charge in [0.1, 0.15) is 0 Å². The smallest absolute Gasteiger partial charge is 0.396 e. The van der Waals surface area contributed by atoms with E-state index in [1.54, 1.807) is 4.90 Å². The first-order valence-electron chi connectivity index (χ1n) is 5.27. The maximum atomic E-state index is 12.3. The molecule has 0 saturated carbocycles. The normalized spacial score (nSPS) is 21.7. The highest BCUT2D eigenvalue weighted by Crippen LogP contribution is 2.27. The van der Waals surface area contributed by atoms with Crippen molar-refractivity contribution < 1.29 is 18.3 Å². The SMILES string of the molecule is N#CC(CN1CCC(CO)CC1)C(F)(F)F. The third-order valence-corrected chi connectivity index (χ3v) is 2.96. The van der Waals surface area contributed by atoms with Crippen LogP contribution in [0.4, 0.5) is 13.2 Å². The van der Waals surface area contributed by atoms with Crippen molar-refractivity contribution >= 4 is 0 Å². The van der Waals surface area contributed by atoms with Gasteiger partial charge < -0.3 is 10.0 Å². The molecule has 0 aliphatic carbocycles. The molecule has 0 aromatic heterocycles. The standard InChI is InChI=1S/C10H15F3N2O/c11-10(12,13)9(5-14)6-15-3-1-8(7-16)2-4-15/h8-9,16H,1-4,6-7H2. The average Bonchev–Trinajstić information content (AvgIpc) is 2.25. The molecule has 0 aromatic rings. The molecule has 1 aliphatic rings. The highest BCUT2D eigenvalue weighted by molar-refractivity contribution is 4.91. The third kappa shape index (κ3) is 3.65. The summed E-state index contributed by atoms with van der Waals surface area (Å²) in [4.78, 5) is 1.65. The Bertz CT molecular complexity index is 254. The van der Waals surface area contributed by atoms with Crippen molar-refractivity contribution in [2.24, 2.45) is 11.8 Å². The van der Waals surface area contributed by atoms with Gasteiger partial charge in [0.25, 0.3) is 0 Å². The van der Waals surface area contributed by atoms with E-state index in [2.05, 4.69) is 0 Å². The zero-order valence-corrected chi connectivity index (χ0v) is 8.87. The fraction of sp³-hybridized carbons (Fsp3) is 0.900. The Morgan fingerprint density at radius 2 is 1.94 bits per heavy atom. The van der Waals surface area contributed by atoms with E-state index in [4.69, 9.17) is 10.4 Å². The predicted octanol–water partition coefficient (Wildman–Crippen LogP) is 1.39. The van der Waals surface area contributed by atoms with Crippen LogP contribution in [-0.2, 0) is 0 Å². The zero-order chi connectivity index (χ0) is 12.2. The van der Waals surface area contributed by atoms with E-state index < -0.39 is 12.1 Å². The van der Waals surface area contributed by atoms with E-state index in [1.807, 2.05) is 0 Å². The number of aliphatic hydroxyl groups is 1. The molecule has 1 heterocycles. The zero-order valence-electron chi connectivity index (χ0n) is 8.87. The topological polar surface area (TPSA) is 47.3 Å². The summed E-state index contributed by atoms with van der Waals surface area (Å²) in [6.45, 7) is 0.895. The highest BCUT2D eigenvalue weighted by Gasteiger charge is 2.41. The number of rotatable bonds is 3. The van der Waals surface area contributed by atoms with Crippen LogP contribution in [0.15, 0.2) is 0 Å². The summed E-state index contributed by atoms with van der Waals surface area (Å²) in [7, 11) is 0. The lowest BCUT2D eigenvalue weighted by Crippen LogP contribution is -2.41. The van der Waals surface area contributed by atoms with Crippen molar-refractivity contribution in [3.8, 4) is 6.07 Å². The van der Waals surface area contributed by atoms with Crippen LogP contribution in [0.5, 0.6) is 0 Å². The predicted molar refractivity (Wildman–Crippen MR) is 51.4 cm³/mol. The van der Waals surface area contributed by atoms with Gasteiger partial charge >= 0.3 is 6.18 Å². The van der Waals surface area contributed by atoms with Crippen LogP contribution >= 0.6 is 0 Å². The van der Waals surface area contributed by atoms with Gasteiger partial charge in [0.15, 0.2) is 5.92 Å². The summed E-state index contributed by atoms with van der Waals surface area (Å²) in [5.74, 6) is -1.71. The van der Waals surface area contributed by atoms with Gasteiger partial charge in [-0.1, -0.05) is 0 Å². The van der Waals surface area contributed by atoms with Crippen LogP contribution in [-0.4, -0.2) is 42.4 Å². The van der Waals surface area contributed by atoms with Crippen molar-refractivity contribution in [1.29, 1.82) is 5.26 Å². The van der Waals surface area contributed by atoms with Crippen molar-refractivity contribution in [2.75, 3.05) is 26.2 Å². The molecule has 1 unspecified atom stereocenters. The second-order valence-corrected chi connectivity index (χ2v) is 4.15. The maximum Gasteiger partial charge on any atom is 0.405 e. The Hall–Kier alpha value is -0.800. The van der Waals surface area contributed by atoms with Gasteiger partial charge in [0, 0.05) is 13.2 Å². The molecule has 0 bridgehead atoms. The molecule has 6 heteroatoms. The molecule has 0 radical (unpaired) electrons. The van der Waals surface area contributed by atoms with Crippen LogP contribution in [0.3, 0.4) is 0 Å². The first-order valence-corrected chi connectivity index (χ1v) is 5.27. The van der Waals surface area contributed by atoms with Crippen LogP contribution in [0, 0.1) is 23.2 Å². The van der Waals surface area contributed by atoms with Crippen molar-refractivity contribution in [3.63, 3.8) is 0 Å². The van der Waals surface area contributed by atoms with Gasteiger partial charge in [0.2, 0.25) is 0 Å². The summed E-state index contributed by atoms with van der Waals surface area (Å²) in [6.07, 6.45) is -3.04. The summed E-state index contributed by atoms with van der Waals surface area (Å²) < 4.78 is 37.0. The Balaban J connectivity index is 2.41. The van der Waals surface area contributed by atoms with Crippen molar-refractivity contribution in [3.05, 3.63) is 0 Å². The molecule has 1 aliphatic heterocycles. The van der Waals surface area contributed by atoms with Gasteiger partial charge in [-0.05, 0) is 31.8 Å². The molecule has 1 fully saturated rings. The number of alkyl halides is 3. The first kappa shape index (κ1) is 13.3. The van der Waals surface area contributed by atoms with Crippen molar-refractivity contribution in [1.82, 2.24) is 4.90 Å². The molecular formula is C10H15F3N2O. The minimum Gasteiger partial charge on any atom is -0.396 e. The van der Waals surface area contributed by atoms with E-state index in [0.29, 0.717) is 25.9 Å². The number of nitrogens with zero attached hydrogens (tertiary/aromatic N) is 2. The Kier molecular flexibility index (Phi) is 4.56. The third-order valence-electron chi connectivity index (χ3n) is 2.96. The fourth-order valence-corrected chi connectivity index (χ4v) is 1.83. The van der Waals surface area contributed by atoms with Crippen LogP contribution in [0.1, 0.15) is 12.8 Å². The lowest BCUT2D eigenvalue weighted by molar-refractivity contribution is -0.164. The highest BCUT2D eigenvalue weighted by atomic mass is 19.4. The second kappa shape index (κ2) is 5.51. The number of hydrogen-bond acceptors (Lipinski definition) is 3. The Morgan fingerprint density at radius 3 is 2.31 bits per heavy atom. The van der Waals surface area contributed by atoms with E-state index in [9.17, 15) is 13.2 Å². The molecule has 92 valence electrons. The second-order valence-electron chi connectivity index (χ2n) is 4.15. The quantitative estimate of drug-likeness (QED) is 0.805. The number of aliphatic hydroxyl groups excluding tert-OH is 1. The molecule has 3 nitrogen and oxygen atoms in total. The number of likely N-dealkylation sites (tertiary alicyclic amines) is 1. The summed E-state index contributed by atoms with van der Waals surface area (Å²) >= 11 is 0. The minimum atomic E-state index is -4.44. The van der Waals surface area contributed by atoms with Crippen LogP contribution in [0.25, 0.3) is 0 Å². The Labute approximate surface area is 92.5 Å². The number of hydrogen-bond donors (Lipinski definition) is 1. The van der Waals surface area contributed by atoms with Crippen LogP contribution < -0.4 is 0 Å². The van der Waals surface area contributed by atoms with E-state index in [-0.39, 0.29) is 19.1 Å². The monoisotopic (exact) mass is 236 g/mol. The molecule has 0 spiro atoms. The maximum absolute atomic E-state index is 12.3. The first-order chi connectivity index (χ1) is 7.47. The van der Waals surface area contributed by atoms with Crippen LogP contribution in [0.2, 0.25) is 0 Å². The summed E-state index contributed by atoms with van der Waals surface area (Å²) in [5, 5.41) is 17.3. The van der Waals surface area contributed by atoms with Gasteiger partial charge in [-0.15, -0.1) is 0 Å². The minimum absolute atomic E-state index is 0.0921. The molecule has 1 saturated heterocycles. The van der Waals surface area contributed by atoms with Gasteiger partial charge in [-0.3, -0.25) is 0 Å². The van der Waals surface area contributed by atoms with E-state index >= 15 is 0 Å². The molecule has 1 rings (SSSR count). The van der Waals surface area contributed by atoms with Gasteiger partial charge in [0.05, 0.1) is 6.07 Å². The molecule has 1 N–H and O–H groups in total. The average molecular weight is 236 g/mol. The van der Waals surface area contributed by atoms with Crippen molar-refractivity contribution in [2.45, 2.75) is 19.0 Å². The molecule has 16 heavy (non-hydrogen) atoms. The summed E-state index contributed by atoms with van der Waals surface area (Å²) in [6, 6.07) is 1.30. The largest absolute Gasteiger partial charge is 0.405 e.